The van der Waals surface area contributed by atoms with Crippen LogP contribution >= 0.6 is 0 Å². The molecular formula is C27H34N2O5. The van der Waals surface area contributed by atoms with Gasteiger partial charge in [0, 0.05) is 6.54 Å². The number of likely N-dealkylation sites (tertiary alicyclic amines) is 1. The van der Waals surface area contributed by atoms with E-state index < -0.39 is 5.97 Å². The molecule has 0 N–H and O–H groups in total. The second kappa shape index (κ2) is 13.4. The molecule has 0 amide bonds. The topological polar surface area (TPSA) is 69.6 Å². The van der Waals surface area contributed by atoms with E-state index in [1.54, 1.807) is 0 Å². The Kier molecular flexibility index (Phi) is 9.98. The number of carbonyl (C=O) groups excluding carboxylic acids is 1. The van der Waals surface area contributed by atoms with Gasteiger partial charge in [0.05, 0.1) is 26.2 Å². The van der Waals surface area contributed by atoms with Crippen LogP contribution in [0.25, 0.3) is 5.57 Å². The summed E-state index contributed by atoms with van der Waals surface area (Å²) >= 11 is 0. The Balaban J connectivity index is 1.56. The van der Waals surface area contributed by atoms with Crippen LogP contribution in [0.15, 0.2) is 59.9 Å². The molecule has 2 aromatic carbocycles. The standard InChI is InChI=1S/C27H34N2O5/c1-21(28-34-18-17-29-15-7-4-8-16-29)22-11-13-24(14-12-22)33-19-23-9-5-6-10-25(23)26(20-31-2)27(30)32-3/h5-6,9-14,20H,4,7-8,15-19H2,1-3H3. The van der Waals surface area contributed by atoms with Crippen LogP contribution in [0.5, 0.6) is 5.75 Å². The fraction of sp³-hybridized carbons (Fsp3) is 0.407. The van der Waals surface area contributed by atoms with Gasteiger partial charge in [0.2, 0.25) is 0 Å². The molecule has 1 fully saturated rings. The number of hydrogen-bond donors (Lipinski definition) is 0. The highest BCUT2D eigenvalue weighted by Gasteiger charge is 2.17. The minimum Gasteiger partial charge on any atom is -0.503 e. The summed E-state index contributed by atoms with van der Waals surface area (Å²) in [6.45, 7) is 6.06. The van der Waals surface area contributed by atoms with E-state index in [2.05, 4.69) is 10.1 Å². The van der Waals surface area contributed by atoms with E-state index >= 15 is 0 Å². The number of ether oxygens (including phenoxy) is 3. The molecule has 0 aliphatic carbocycles. The van der Waals surface area contributed by atoms with Crippen LogP contribution in [-0.4, -0.2) is 57.0 Å². The molecule has 0 radical (unpaired) electrons. The zero-order valence-electron chi connectivity index (χ0n) is 20.3. The first-order valence-electron chi connectivity index (χ1n) is 11.6. The molecule has 1 heterocycles. The van der Waals surface area contributed by atoms with E-state index in [1.165, 1.54) is 39.7 Å². The fourth-order valence-electron chi connectivity index (χ4n) is 3.86. The lowest BCUT2D eigenvalue weighted by molar-refractivity contribution is -0.133. The minimum atomic E-state index is -0.466. The molecule has 1 aliphatic heterocycles. The molecule has 7 heteroatoms. The predicted octanol–water partition coefficient (Wildman–Crippen LogP) is 4.65. The van der Waals surface area contributed by atoms with Gasteiger partial charge < -0.3 is 19.0 Å². The molecule has 7 nitrogen and oxygen atoms in total. The van der Waals surface area contributed by atoms with Crippen LogP contribution < -0.4 is 4.74 Å². The molecule has 3 rings (SSSR count). The quantitative estimate of drug-likeness (QED) is 0.120. The number of carbonyl (C=O) groups is 1. The molecule has 1 saturated heterocycles. The number of methoxy groups -OCH3 is 2. The molecule has 0 saturated carbocycles. The van der Waals surface area contributed by atoms with Crippen molar-refractivity contribution in [2.75, 3.05) is 40.5 Å². The zero-order valence-corrected chi connectivity index (χ0v) is 20.3. The molecule has 0 atom stereocenters. The van der Waals surface area contributed by atoms with Crippen molar-refractivity contribution in [1.29, 1.82) is 0 Å². The predicted molar refractivity (Wildman–Crippen MR) is 133 cm³/mol. The number of rotatable bonds is 11. The molecule has 0 bridgehead atoms. The average Bonchev–Trinajstić information content (AvgIpc) is 2.89. The summed E-state index contributed by atoms with van der Waals surface area (Å²) in [5.41, 5.74) is 3.69. The van der Waals surface area contributed by atoms with Gasteiger partial charge in [-0.2, -0.15) is 0 Å². The summed E-state index contributed by atoms with van der Waals surface area (Å²) in [6.07, 6.45) is 5.27. The number of esters is 1. The first kappa shape index (κ1) is 25.3. The van der Waals surface area contributed by atoms with Crippen molar-refractivity contribution in [3.8, 4) is 5.75 Å². The van der Waals surface area contributed by atoms with Crippen molar-refractivity contribution in [2.45, 2.75) is 32.8 Å². The number of nitrogens with zero attached hydrogens (tertiary/aromatic N) is 2. The fourth-order valence-corrected chi connectivity index (χ4v) is 3.86. The van der Waals surface area contributed by atoms with Gasteiger partial charge in [0.1, 0.15) is 24.5 Å². The third-order valence-corrected chi connectivity index (χ3v) is 5.76. The summed E-state index contributed by atoms with van der Waals surface area (Å²) in [4.78, 5) is 20.1. The molecule has 2 aromatic rings. The third-order valence-electron chi connectivity index (χ3n) is 5.76. The Hall–Kier alpha value is -3.32. The van der Waals surface area contributed by atoms with Gasteiger partial charge in [0.15, 0.2) is 0 Å². The molecule has 0 unspecified atom stereocenters. The lowest BCUT2D eigenvalue weighted by atomic mass is 10.0. The largest absolute Gasteiger partial charge is 0.503 e. The maximum Gasteiger partial charge on any atom is 0.341 e. The number of oxime groups is 1. The zero-order chi connectivity index (χ0) is 24.2. The van der Waals surface area contributed by atoms with Crippen LogP contribution in [0.2, 0.25) is 0 Å². The Bertz CT molecular complexity index is 979. The van der Waals surface area contributed by atoms with Crippen molar-refractivity contribution >= 4 is 17.3 Å². The summed E-state index contributed by atoms with van der Waals surface area (Å²) in [6, 6.07) is 15.2. The smallest absolute Gasteiger partial charge is 0.341 e. The minimum absolute atomic E-state index is 0.292. The first-order valence-corrected chi connectivity index (χ1v) is 11.6. The van der Waals surface area contributed by atoms with Crippen LogP contribution in [-0.2, 0) is 25.7 Å². The van der Waals surface area contributed by atoms with Gasteiger partial charge >= 0.3 is 5.97 Å². The number of piperidine rings is 1. The highest BCUT2D eigenvalue weighted by atomic mass is 16.6. The Morgan fingerprint density at radius 1 is 1.03 bits per heavy atom. The Labute approximate surface area is 201 Å². The average molecular weight is 467 g/mol. The molecule has 182 valence electrons. The Morgan fingerprint density at radius 2 is 1.76 bits per heavy atom. The van der Waals surface area contributed by atoms with E-state index in [1.807, 2.05) is 55.5 Å². The van der Waals surface area contributed by atoms with Crippen molar-refractivity contribution in [1.82, 2.24) is 4.90 Å². The highest BCUT2D eigenvalue weighted by Crippen LogP contribution is 2.23. The molecule has 34 heavy (non-hydrogen) atoms. The van der Waals surface area contributed by atoms with Gasteiger partial charge in [0.25, 0.3) is 0 Å². The van der Waals surface area contributed by atoms with Crippen molar-refractivity contribution in [2.24, 2.45) is 5.16 Å². The van der Waals surface area contributed by atoms with Gasteiger partial charge in [-0.15, -0.1) is 0 Å². The number of benzene rings is 2. The monoisotopic (exact) mass is 466 g/mol. The maximum atomic E-state index is 12.2. The van der Waals surface area contributed by atoms with E-state index in [4.69, 9.17) is 19.0 Å². The second-order valence-electron chi connectivity index (χ2n) is 8.14. The maximum absolute atomic E-state index is 12.2. The van der Waals surface area contributed by atoms with Crippen LogP contribution in [0, 0.1) is 0 Å². The van der Waals surface area contributed by atoms with Gasteiger partial charge in [-0.25, -0.2) is 4.79 Å². The van der Waals surface area contributed by atoms with Crippen molar-refractivity contribution < 1.29 is 23.8 Å². The number of hydrogen-bond acceptors (Lipinski definition) is 7. The molecule has 1 aliphatic rings. The highest BCUT2D eigenvalue weighted by molar-refractivity contribution is 6.16. The molecule has 0 spiro atoms. The normalized spacial score (nSPS) is 15.0. The van der Waals surface area contributed by atoms with Crippen LogP contribution in [0.1, 0.15) is 42.9 Å². The summed E-state index contributed by atoms with van der Waals surface area (Å²) < 4.78 is 15.9. The lowest BCUT2D eigenvalue weighted by Crippen LogP contribution is -2.32. The van der Waals surface area contributed by atoms with Crippen LogP contribution in [0.3, 0.4) is 0 Å². The van der Waals surface area contributed by atoms with E-state index in [0.29, 0.717) is 30.1 Å². The van der Waals surface area contributed by atoms with E-state index in [-0.39, 0.29) is 0 Å². The van der Waals surface area contributed by atoms with Crippen molar-refractivity contribution in [3.63, 3.8) is 0 Å². The second-order valence-corrected chi connectivity index (χ2v) is 8.14. The summed E-state index contributed by atoms with van der Waals surface area (Å²) in [5.74, 6) is 0.249. The van der Waals surface area contributed by atoms with Crippen molar-refractivity contribution in [3.05, 3.63) is 71.5 Å². The summed E-state index contributed by atoms with van der Waals surface area (Å²) in [7, 11) is 2.84. The first-order chi connectivity index (χ1) is 16.6. The summed E-state index contributed by atoms with van der Waals surface area (Å²) in [5, 5.41) is 4.26. The van der Waals surface area contributed by atoms with Crippen LogP contribution in [0.4, 0.5) is 0 Å². The lowest BCUT2D eigenvalue weighted by Gasteiger charge is -2.25. The van der Waals surface area contributed by atoms with Gasteiger partial charge in [-0.1, -0.05) is 35.8 Å². The third kappa shape index (κ3) is 7.35. The SMILES string of the molecule is COC=C(C(=O)OC)c1ccccc1COc1ccc(C(C)=NOCCN2CCCCC2)cc1. The van der Waals surface area contributed by atoms with Gasteiger partial charge in [-0.3, -0.25) is 4.90 Å². The Morgan fingerprint density at radius 3 is 2.47 bits per heavy atom. The van der Waals surface area contributed by atoms with Gasteiger partial charge in [-0.05, 0) is 73.8 Å². The molecule has 0 aromatic heterocycles. The van der Waals surface area contributed by atoms with E-state index in [0.717, 1.165) is 36.5 Å². The molecular weight excluding hydrogens is 432 g/mol. The van der Waals surface area contributed by atoms with E-state index in [9.17, 15) is 4.79 Å².